The molecule has 3 atom stereocenters. The molecule has 0 radical (unpaired) electrons. The lowest BCUT2D eigenvalue weighted by Crippen LogP contribution is -2.30. The van der Waals surface area contributed by atoms with Gasteiger partial charge in [0.25, 0.3) is 0 Å². The summed E-state index contributed by atoms with van der Waals surface area (Å²) in [5.41, 5.74) is 7.14. The molecule has 0 spiro atoms. The summed E-state index contributed by atoms with van der Waals surface area (Å²) in [5.74, 6) is 0.536. The fraction of sp³-hybridized carbons (Fsp3) is 0.600. The van der Waals surface area contributed by atoms with Crippen LogP contribution in [0.1, 0.15) is 43.6 Å². The van der Waals surface area contributed by atoms with Crippen LogP contribution in [0.15, 0.2) is 24.3 Å². The Kier molecular flexibility index (Phi) is 5.04. The molecule has 1 fully saturated rings. The van der Waals surface area contributed by atoms with E-state index in [1.165, 1.54) is 18.4 Å². The third kappa shape index (κ3) is 3.25. The summed E-state index contributed by atoms with van der Waals surface area (Å²) in [4.78, 5) is 0. The van der Waals surface area contributed by atoms with Crippen LogP contribution in [-0.4, -0.2) is 17.8 Å². The largest absolute Gasteiger partial charge is 0.393 e. The Morgan fingerprint density at radius 1 is 1.17 bits per heavy atom. The summed E-state index contributed by atoms with van der Waals surface area (Å²) >= 11 is 5.92. The lowest BCUT2D eigenvalue weighted by Gasteiger charge is -2.29. The number of benzene rings is 1. The number of aliphatic hydroxyl groups is 1. The average Bonchev–Trinajstić information content (AvgIpc) is 2.58. The summed E-state index contributed by atoms with van der Waals surface area (Å²) in [6, 6.07) is 7.89. The first-order valence-electron chi connectivity index (χ1n) is 6.86. The summed E-state index contributed by atoms with van der Waals surface area (Å²) in [6.45, 7) is 0.587. The molecule has 0 heterocycles. The highest BCUT2D eigenvalue weighted by Gasteiger charge is 2.29. The predicted molar refractivity (Wildman–Crippen MR) is 75.8 cm³/mol. The summed E-state index contributed by atoms with van der Waals surface area (Å²) in [7, 11) is 0. The summed E-state index contributed by atoms with van der Waals surface area (Å²) in [6.07, 6.45) is 5.34. The Hall–Kier alpha value is -0.570. The zero-order valence-corrected chi connectivity index (χ0v) is 11.4. The molecule has 0 bridgehead atoms. The number of hydrogen-bond acceptors (Lipinski definition) is 2. The van der Waals surface area contributed by atoms with Gasteiger partial charge in [-0.3, -0.25) is 0 Å². The first kappa shape index (κ1) is 13.9. The van der Waals surface area contributed by atoms with Crippen LogP contribution in [0.5, 0.6) is 0 Å². The van der Waals surface area contributed by atoms with Crippen LogP contribution in [-0.2, 0) is 0 Å². The molecule has 0 aromatic heterocycles. The van der Waals surface area contributed by atoms with Gasteiger partial charge in [0.1, 0.15) is 0 Å². The van der Waals surface area contributed by atoms with Crippen LogP contribution in [0.3, 0.4) is 0 Å². The van der Waals surface area contributed by atoms with Crippen LogP contribution in [0.2, 0.25) is 5.02 Å². The second-order valence-corrected chi connectivity index (χ2v) is 5.70. The Morgan fingerprint density at radius 2 is 1.83 bits per heavy atom. The van der Waals surface area contributed by atoms with Gasteiger partial charge in [-0.15, -0.1) is 0 Å². The first-order chi connectivity index (χ1) is 8.72. The van der Waals surface area contributed by atoms with Crippen molar-refractivity contribution in [3.8, 4) is 0 Å². The van der Waals surface area contributed by atoms with E-state index < -0.39 is 0 Å². The molecular weight excluding hydrogens is 246 g/mol. The quantitative estimate of drug-likeness (QED) is 0.826. The van der Waals surface area contributed by atoms with E-state index in [2.05, 4.69) is 0 Å². The molecule has 2 rings (SSSR count). The monoisotopic (exact) mass is 267 g/mol. The Labute approximate surface area is 114 Å². The Morgan fingerprint density at radius 3 is 2.50 bits per heavy atom. The lowest BCUT2D eigenvalue weighted by atomic mass is 9.80. The molecule has 18 heavy (non-hydrogen) atoms. The molecule has 0 amide bonds. The third-order valence-electron chi connectivity index (χ3n) is 4.10. The average molecular weight is 268 g/mol. The number of halogens is 1. The van der Waals surface area contributed by atoms with Crippen molar-refractivity contribution in [1.82, 2.24) is 0 Å². The van der Waals surface area contributed by atoms with Gasteiger partial charge < -0.3 is 10.8 Å². The van der Waals surface area contributed by atoms with Crippen LogP contribution in [0, 0.1) is 5.92 Å². The molecule has 3 heteroatoms. The number of hydrogen-bond donors (Lipinski definition) is 2. The van der Waals surface area contributed by atoms with Crippen molar-refractivity contribution < 1.29 is 5.11 Å². The van der Waals surface area contributed by atoms with Crippen molar-refractivity contribution in [3.05, 3.63) is 34.9 Å². The standard InChI is InChI=1S/C15H22ClNO/c16-12-8-6-11(7-9-12)14(10-17)13-4-2-1-3-5-15(13)18/h6-9,13-15,18H,1-5,10,17H2/t13?,14-,15-/m0/s1. The molecule has 1 aromatic rings. The first-order valence-corrected chi connectivity index (χ1v) is 7.23. The van der Waals surface area contributed by atoms with Gasteiger partial charge in [0.05, 0.1) is 6.10 Å². The molecule has 1 aliphatic carbocycles. The minimum atomic E-state index is -0.211. The zero-order chi connectivity index (χ0) is 13.0. The van der Waals surface area contributed by atoms with Crippen molar-refractivity contribution >= 4 is 11.6 Å². The van der Waals surface area contributed by atoms with E-state index in [0.29, 0.717) is 12.5 Å². The number of rotatable bonds is 3. The number of aliphatic hydroxyl groups excluding tert-OH is 1. The molecular formula is C15H22ClNO. The lowest BCUT2D eigenvalue weighted by molar-refractivity contribution is 0.0862. The van der Waals surface area contributed by atoms with Crippen LogP contribution < -0.4 is 5.73 Å². The molecule has 1 aromatic carbocycles. The normalized spacial score (nSPS) is 26.6. The van der Waals surface area contributed by atoms with Gasteiger partial charge >= 0.3 is 0 Å². The van der Waals surface area contributed by atoms with Crippen LogP contribution in [0.4, 0.5) is 0 Å². The van der Waals surface area contributed by atoms with Gasteiger partial charge in [-0.1, -0.05) is 43.0 Å². The highest BCUT2D eigenvalue weighted by molar-refractivity contribution is 6.30. The second-order valence-electron chi connectivity index (χ2n) is 5.26. The molecule has 1 aliphatic rings. The van der Waals surface area contributed by atoms with Gasteiger partial charge in [-0.2, -0.15) is 0 Å². The highest BCUT2D eigenvalue weighted by Crippen LogP contribution is 2.35. The maximum absolute atomic E-state index is 10.3. The van der Waals surface area contributed by atoms with Crippen molar-refractivity contribution in [3.63, 3.8) is 0 Å². The predicted octanol–water partition coefficient (Wildman–Crippen LogP) is 3.32. The third-order valence-corrected chi connectivity index (χ3v) is 4.35. The van der Waals surface area contributed by atoms with E-state index in [0.717, 1.165) is 24.3 Å². The van der Waals surface area contributed by atoms with Gasteiger partial charge in [-0.05, 0) is 43.0 Å². The minimum Gasteiger partial charge on any atom is -0.393 e. The smallest absolute Gasteiger partial charge is 0.0574 e. The Balaban J connectivity index is 2.18. The Bertz CT molecular complexity index is 365. The molecule has 1 saturated carbocycles. The van der Waals surface area contributed by atoms with E-state index >= 15 is 0 Å². The molecule has 0 saturated heterocycles. The van der Waals surface area contributed by atoms with E-state index in [9.17, 15) is 5.11 Å². The molecule has 0 aliphatic heterocycles. The van der Waals surface area contributed by atoms with Crippen LogP contribution >= 0.6 is 11.6 Å². The van der Waals surface area contributed by atoms with Crippen LogP contribution in [0.25, 0.3) is 0 Å². The SMILES string of the molecule is NC[C@@H](c1ccc(Cl)cc1)C1CCCCC[C@@H]1O. The molecule has 100 valence electrons. The van der Waals surface area contributed by atoms with Gasteiger partial charge in [0, 0.05) is 10.9 Å². The van der Waals surface area contributed by atoms with Gasteiger partial charge in [0.15, 0.2) is 0 Å². The topological polar surface area (TPSA) is 46.2 Å². The fourth-order valence-electron chi connectivity index (χ4n) is 3.05. The van der Waals surface area contributed by atoms with Crippen molar-refractivity contribution in [2.24, 2.45) is 11.7 Å². The second kappa shape index (κ2) is 6.55. The van der Waals surface area contributed by atoms with Crippen molar-refractivity contribution in [2.45, 2.75) is 44.1 Å². The fourth-order valence-corrected chi connectivity index (χ4v) is 3.18. The molecule has 1 unspecified atom stereocenters. The summed E-state index contributed by atoms with van der Waals surface area (Å²) in [5, 5.41) is 11.0. The minimum absolute atomic E-state index is 0.211. The molecule has 2 nitrogen and oxygen atoms in total. The maximum atomic E-state index is 10.3. The van der Waals surface area contributed by atoms with E-state index in [1.54, 1.807) is 0 Å². The zero-order valence-electron chi connectivity index (χ0n) is 10.7. The van der Waals surface area contributed by atoms with E-state index in [4.69, 9.17) is 17.3 Å². The van der Waals surface area contributed by atoms with E-state index in [-0.39, 0.29) is 12.0 Å². The van der Waals surface area contributed by atoms with Crippen molar-refractivity contribution in [1.29, 1.82) is 0 Å². The van der Waals surface area contributed by atoms with Gasteiger partial charge in [0.2, 0.25) is 0 Å². The maximum Gasteiger partial charge on any atom is 0.0574 e. The van der Waals surface area contributed by atoms with Crippen molar-refractivity contribution in [2.75, 3.05) is 6.54 Å². The van der Waals surface area contributed by atoms with E-state index in [1.807, 2.05) is 24.3 Å². The highest BCUT2D eigenvalue weighted by atomic mass is 35.5. The number of nitrogens with two attached hydrogens (primary N) is 1. The summed E-state index contributed by atoms with van der Waals surface area (Å²) < 4.78 is 0. The van der Waals surface area contributed by atoms with Gasteiger partial charge in [-0.25, -0.2) is 0 Å². The molecule has 3 N–H and O–H groups in total.